The molecule has 0 bridgehead atoms. The Balaban J connectivity index is 1.94. The summed E-state index contributed by atoms with van der Waals surface area (Å²) in [5.41, 5.74) is 1.39. The van der Waals surface area contributed by atoms with E-state index in [1.54, 1.807) is 0 Å². The molecule has 0 aromatic carbocycles. The Kier molecular flexibility index (Phi) is 4.28. The summed E-state index contributed by atoms with van der Waals surface area (Å²) >= 11 is 0. The minimum Gasteiger partial charge on any atom is -0.389 e. The van der Waals surface area contributed by atoms with Crippen LogP contribution in [0.2, 0.25) is 0 Å². The molecule has 2 aliphatic carbocycles. The van der Waals surface area contributed by atoms with E-state index in [4.69, 9.17) is 4.74 Å². The van der Waals surface area contributed by atoms with Gasteiger partial charge in [0, 0.05) is 16.7 Å². The zero-order valence-electron chi connectivity index (χ0n) is 16.2. The van der Waals surface area contributed by atoms with Gasteiger partial charge in [-0.05, 0) is 58.8 Å². The van der Waals surface area contributed by atoms with Gasteiger partial charge in [0.1, 0.15) is 6.29 Å². The fourth-order valence-corrected chi connectivity index (χ4v) is 5.61. The number of rotatable bonds is 3. The molecular formula is C21H34O3. The molecule has 3 unspecified atom stereocenters. The molecule has 0 amide bonds. The highest BCUT2D eigenvalue weighted by molar-refractivity contribution is 5.60. The van der Waals surface area contributed by atoms with E-state index in [9.17, 15) is 9.90 Å². The van der Waals surface area contributed by atoms with Crippen LogP contribution >= 0.6 is 0 Å². The Morgan fingerprint density at radius 1 is 1.25 bits per heavy atom. The van der Waals surface area contributed by atoms with Gasteiger partial charge in [0.05, 0.1) is 17.8 Å². The van der Waals surface area contributed by atoms with E-state index in [2.05, 4.69) is 41.5 Å². The van der Waals surface area contributed by atoms with Crippen LogP contribution in [-0.2, 0) is 9.53 Å². The maximum absolute atomic E-state index is 12.0. The number of ether oxygens (including phenoxy) is 1. The van der Waals surface area contributed by atoms with E-state index in [-0.39, 0.29) is 29.0 Å². The minimum atomic E-state index is -0.747. The van der Waals surface area contributed by atoms with Gasteiger partial charge in [-0.1, -0.05) is 31.9 Å². The first kappa shape index (κ1) is 18.1. The van der Waals surface area contributed by atoms with Gasteiger partial charge >= 0.3 is 0 Å². The van der Waals surface area contributed by atoms with Crippen LogP contribution in [-0.4, -0.2) is 29.2 Å². The van der Waals surface area contributed by atoms with Crippen molar-refractivity contribution in [2.45, 2.75) is 91.5 Å². The van der Waals surface area contributed by atoms with Gasteiger partial charge < -0.3 is 14.6 Å². The largest absolute Gasteiger partial charge is 0.389 e. The lowest BCUT2D eigenvalue weighted by Crippen LogP contribution is -2.61. The molecule has 0 aromatic rings. The molecule has 24 heavy (non-hydrogen) atoms. The van der Waals surface area contributed by atoms with Crippen LogP contribution in [0.15, 0.2) is 11.1 Å². The summed E-state index contributed by atoms with van der Waals surface area (Å²) in [5.74, 6) is 0.606. The standard InChI is InChI=1S/C21H34O3/c1-13-7-10-21(23,19(4,5)14(13)2)11-16-18-15(3)24-17(18)8-9-20(16,6)12-22/h12,15-18,23H,7-11H2,1-6H3/t15?,16?,17-,18?,20+,21-/m1/s1. The monoisotopic (exact) mass is 334 g/mol. The molecule has 1 saturated carbocycles. The third kappa shape index (κ3) is 2.42. The predicted molar refractivity (Wildman–Crippen MR) is 95.7 cm³/mol. The normalized spacial score (nSPS) is 47.8. The summed E-state index contributed by atoms with van der Waals surface area (Å²) in [5, 5.41) is 11.7. The van der Waals surface area contributed by atoms with Crippen LogP contribution < -0.4 is 0 Å². The van der Waals surface area contributed by atoms with Crippen molar-refractivity contribution >= 4 is 6.29 Å². The zero-order valence-corrected chi connectivity index (χ0v) is 16.2. The molecule has 3 rings (SSSR count). The first-order chi connectivity index (χ1) is 11.1. The summed E-state index contributed by atoms with van der Waals surface area (Å²) in [7, 11) is 0. The van der Waals surface area contributed by atoms with E-state index < -0.39 is 5.60 Å². The number of fused-ring (bicyclic) bond motifs is 1. The third-order valence-corrected chi connectivity index (χ3v) is 8.12. The van der Waals surface area contributed by atoms with Gasteiger partial charge in [-0.25, -0.2) is 0 Å². The van der Waals surface area contributed by atoms with E-state index in [1.165, 1.54) is 11.1 Å². The van der Waals surface area contributed by atoms with Crippen molar-refractivity contribution in [1.29, 1.82) is 0 Å². The van der Waals surface area contributed by atoms with Crippen molar-refractivity contribution < 1.29 is 14.6 Å². The third-order valence-electron chi connectivity index (χ3n) is 8.12. The maximum atomic E-state index is 12.0. The predicted octanol–water partition coefficient (Wildman–Crippen LogP) is 4.28. The van der Waals surface area contributed by atoms with Crippen LogP contribution in [0.25, 0.3) is 0 Å². The van der Waals surface area contributed by atoms with Crippen LogP contribution in [0.1, 0.15) is 73.6 Å². The van der Waals surface area contributed by atoms with Gasteiger partial charge in [-0.3, -0.25) is 0 Å². The minimum absolute atomic E-state index is 0.202. The van der Waals surface area contributed by atoms with E-state index in [0.717, 1.165) is 32.0 Å². The van der Waals surface area contributed by atoms with E-state index in [1.807, 2.05) is 0 Å². The first-order valence-electron chi connectivity index (χ1n) is 9.57. The molecule has 136 valence electrons. The first-order valence-corrected chi connectivity index (χ1v) is 9.57. The second-order valence-corrected chi connectivity index (χ2v) is 9.49. The number of carbonyl (C=O) groups excluding carboxylic acids is 1. The molecule has 2 fully saturated rings. The van der Waals surface area contributed by atoms with Crippen molar-refractivity contribution in [3.63, 3.8) is 0 Å². The van der Waals surface area contributed by atoms with Crippen molar-refractivity contribution in [1.82, 2.24) is 0 Å². The number of aliphatic hydroxyl groups is 1. The molecular weight excluding hydrogens is 300 g/mol. The molecule has 3 aliphatic rings. The lowest BCUT2D eigenvalue weighted by molar-refractivity contribution is -0.243. The Hall–Kier alpha value is -0.670. The van der Waals surface area contributed by atoms with Gasteiger partial charge in [-0.2, -0.15) is 0 Å². The summed E-state index contributed by atoms with van der Waals surface area (Å²) in [6.07, 6.45) is 5.94. The molecule has 1 heterocycles. The fraction of sp³-hybridized carbons (Fsp3) is 0.857. The SMILES string of the molecule is CC1=C(C)C(C)(C)[C@](O)(CC2C3C(C)O[C@@H]3CC[C@@]2(C)C=O)CC1. The van der Waals surface area contributed by atoms with E-state index in [0.29, 0.717) is 12.3 Å². The quantitative estimate of drug-likeness (QED) is 0.619. The molecule has 3 heteroatoms. The van der Waals surface area contributed by atoms with E-state index >= 15 is 0 Å². The van der Waals surface area contributed by atoms with Crippen molar-refractivity contribution in [2.75, 3.05) is 0 Å². The van der Waals surface area contributed by atoms with Gasteiger partial charge in [0.2, 0.25) is 0 Å². The number of hydrogen-bond acceptors (Lipinski definition) is 3. The molecule has 3 nitrogen and oxygen atoms in total. The van der Waals surface area contributed by atoms with Crippen LogP contribution in [0, 0.1) is 22.7 Å². The van der Waals surface area contributed by atoms with Crippen molar-refractivity contribution in [3.05, 3.63) is 11.1 Å². The Bertz CT molecular complexity index is 563. The topological polar surface area (TPSA) is 46.5 Å². The molecule has 1 N–H and O–H groups in total. The Morgan fingerprint density at radius 2 is 1.92 bits per heavy atom. The fourth-order valence-electron chi connectivity index (χ4n) is 5.61. The number of carbonyl (C=O) groups is 1. The smallest absolute Gasteiger partial charge is 0.126 e. The lowest BCUT2D eigenvalue weighted by Gasteiger charge is -2.59. The number of allylic oxidation sites excluding steroid dienone is 1. The maximum Gasteiger partial charge on any atom is 0.126 e. The molecule has 6 atom stereocenters. The Morgan fingerprint density at radius 3 is 2.50 bits per heavy atom. The molecule has 1 saturated heterocycles. The number of aldehydes is 1. The number of hydrogen-bond donors (Lipinski definition) is 1. The molecule has 0 aromatic heterocycles. The summed E-state index contributed by atoms with van der Waals surface area (Å²) < 4.78 is 5.92. The van der Waals surface area contributed by atoms with Crippen molar-refractivity contribution in [2.24, 2.45) is 22.7 Å². The van der Waals surface area contributed by atoms with Crippen LogP contribution in [0.3, 0.4) is 0 Å². The second-order valence-electron chi connectivity index (χ2n) is 9.49. The highest BCUT2D eigenvalue weighted by Crippen LogP contribution is 2.58. The lowest BCUT2D eigenvalue weighted by atomic mass is 9.52. The zero-order chi connectivity index (χ0) is 17.9. The molecule has 1 aliphatic heterocycles. The summed E-state index contributed by atoms with van der Waals surface area (Å²) in [6, 6.07) is 0. The van der Waals surface area contributed by atoms with Gasteiger partial charge in [0.25, 0.3) is 0 Å². The highest BCUT2D eigenvalue weighted by Gasteiger charge is 2.58. The van der Waals surface area contributed by atoms with Crippen molar-refractivity contribution in [3.8, 4) is 0 Å². The summed E-state index contributed by atoms with van der Waals surface area (Å²) in [6.45, 7) is 12.9. The molecule has 0 spiro atoms. The average Bonchev–Trinajstić information content (AvgIpc) is 2.52. The van der Waals surface area contributed by atoms with Gasteiger partial charge in [-0.15, -0.1) is 0 Å². The van der Waals surface area contributed by atoms with Crippen LogP contribution in [0.5, 0.6) is 0 Å². The highest BCUT2D eigenvalue weighted by atomic mass is 16.5. The average molecular weight is 335 g/mol. The Labute approximate surface area is 146 Å². The summed E-state index contributed by atoms with van der Waals surface area (Å²) in [4.78, 5) is 12.0. The molecule has 0 radical (unpaired) electrons. The van der Waals surface area contributed by atoms with Crippen LogP contribution in [0.4, 0.5) is 0 Å². The van der Waals surface area contributed by atoms with Gasteiger partial charge in [0.15, 0.2) is 0 Å². The second kappa shape index (κ2) is 5.67.